The highest BCUT2D eigenvalue weighted by molar-refractivity contribution is 7.99. The van der Waals surface area contributed by atoms with Gasteiger partial charge in [0.1, 0.15) is 6.61 Å². The first-order chi connectivity index (χ1) is 17.5. The Morgan fingerprint density at radius 1 is 0.806 bits per heavy atom. The van der Waals surface area contributed by atoms with Gasteiger partial charge in [0.15, 0.2) is 0 Å². The number of alkyl carbamates (subject to hydrolysis) is 1. The second-order valence-electron chi connectivity index (χ2n) is 8.22. The van der Waals surface area contributed by atoms with E-state index in [1.54, 1.807) is 12.1 Å². The molecular weight excluding hydrogens is 480 g/mol. The predicted molar refractivity (Wildman–Crippen MR) is 133 cm³/mol. The van der Waals surface area contributed by atoms with Crippen molar-refractivity contribution in [3.05, 3.63) is 95.1 Å². The Morgan fingerprint density at radius 2 is 1.33 bits per heavy atom. The van der Waals surface area contributed by atoms with Gasteiger partial charge in [-0.25, -0.2) is 9.59 Å². The van der Waals surface area contributed by atoms with Gasteiger partial charge < -0.3 is 14.9 Å². The molecule has 0 spiro atoms. The van der Waals surface area contributed by atoms with Crippen molar-refractivity contribution in [2.24, 2.45) is 0 Å². The number of carbonyl (C=O) groups excluding carboxylic acids is 4. The molecule has 0 saturated heterocycles. The molecule has 1 N–H and O–H groups in total. The molecule has 1 heterocycles. The van der Waals surface area contributed by atoms with Crippen LogP contribution in [0.2, 0.25) is 0 Å². The maximum Gasteiger partial charge on any atom is 0.407 e. The maximum atomic E-state index is 12.2. The third-order valence-corrected chi connectivity index (χ3v) is 6.96. The van der Waals surface area contributed by atoms with Crippen molar-refractivity contribution in [2.75, 3.05) is 24.7 Å². The van der Waals surface area contributed by atoms with Gasteiger partial charge in [0.05, 0.1) is 16.9 Å². The third-order valence-electron chi connectivity index (χ3n) is 6.03. The average molecular weight is 503 g/mol. The fraction of sp³-hybridized carbons (Fsp3) is 0.185. The zero-order valence-corrected chi connectivity index (χ0v) is 20.0. The van der Waals surface area contributed by atoms with E-state index in [4.69, 9.17) is 9.57 Å². The number of imide groups is 1. The molecule has 0 aromatic heterocycles. The molecule has 3 amide bonds. The molecule has 3 aromatic rings. The highest BCUT2D eigenvalue weighted by Gasteiger charge is 2.38. The largest absolute Gasteiger partial charge is 0.449 e. The first-order valence-corrected chi connectivity index (χ1v) is 12.6. The van der Waals surface area contributed by atoms with Crippen LogP contribution in [0.4, 0.5) is 4.79 Å². The standard InChI is InChI=1S/C27H22N2O6S/c30-24(35-29-25(31)21-11-5-6-12-22(21)26(29)32)16-36-14-13-28-27(33)34-15-23-19-9-3-1-7-17(19)18-8-2-4-10-20(18)23/h1-12,23H,13-16H2,(H,28,33). The van der Waals surface area contributed by atoms with Gasteiger partial charge in [-0.1, -0.05) is 65.7 Å². The van der Waals surface area contributed by atoms with E-state index in [0.29, 0.717) is 10.8 Å². The van der Waals surface area contributed by atoms with Crippen LogP contribution in [0.5, 0.6) is 0 Å². The number of fused-ring (bicyclic) bond motifs is 4. The molecule has 1 aliphatic heterocycles. The third kappa shape index (κ3) is 4.57. The summed E-state index contributed by atoms with van der Waals surface area (Å²) >= 11 is 1.20. The fourth-order valence-electron chi connectivity index (χ4n) is 4.41. The lowest BCUT2D eigenvalue weighted by molar-refractivity contribution is -0.165. The summed E-state index contributed by atoms with van der Waals surface area (Å²) in [5.74, 6) is -1.73. The Bertz CT molecular complexity index is 1280. The van der Waals surface area contributed by atoms with E-state index in [1.807, 2.05) is 24.3 Å². The topological polar surface area (TPSA) is 102 Å². The highest BCUT2D eigenvalue weighted by Crippen LogP contribution is 2.44. The number of thioether (sulfide) groups is 1. The van der Waals surface area contributed by atoms with E-state index in [0.717, 1.165) is 22.3 Å². The molecule has 9 heteroatoms. The summed E-state index contributed by atoms with van der Waals surface area (Å²) in [6.07, 6.45) is -0.536. The Kier molecular flexibility index (Phi) is 6.73. The molecule has 2 aliphatic rings. The van der Waals surface area contributed by atoms with Crippen molar-refractivity contribution in [3.63, 3.8) is 0 Å². The Balaban J connectivity index is 1.03. The molecule has 5 rings (SSSR count). The van der Waals surface area contributed by atoms with Gasteiger partial charge in [0.2, 0.25) is 0 Å². The van der Waals surface area contributed by atoms with Gasteiger partial charge in [-0.05, 0) is 34.4 Å². The van der Waals surface area contributed by atoms with Crippen LogP contribution < -0.4 is 5.32 Å². The number of hydrogen-bond donors (Lipinski definition) is 1. The van der Waals surface area contributed by atoms with Gasteiger partial charge in [-0.3, -0.25) is 9.59 Å². The number of rotatable bonds is 8. The highest BCUT2D eigenvalue weighted by atomic mass is 32.2. The van der Waals surface area contributed by atoms with E-state index in [2.05, 4.69) is 29.6 Å². The molecule has 182 valence electrons. The van der Waals surface area contributed by atoms with Crippen LogP contribution in [-0.2, 0) is 14.4 Å². The molecule has 3 aromatic carbocycles. The number of hydrogen-bond acceptors (Lipinski definition) is 7. The Hall–Kier alpha value is -4.11. The number of carbonyl (C=O) groups is 4. The quantitative estimate of drug-likeness (QED) is 0.367. The summed E-state index contributed by atoms with van der Waals surface area (Å²) < 4.78 is 5.48. The van der Waals surface area contributed by atoms with E-state index < -0.39 is 23.9 Å². The van der Waals surface area contributed by atoms with E-state index in [1.165, 1.54) is 23.9 Å². The van der Waals surface area contributed by atoms with Crippen molar-refractivity contribution in [3.8, 4) is 11.1 Å². The minimum absolute atomic E-state index is 0.0190. The Morgan fingerprint density at radius 3 is 1.92 bits per heavy atom. The van der Waals surface area contributed by atoms with Crippen molar-refractivity contribution >= 4 is 35.6 Å². The first kappa shape index (κ1) is 23.6. The van der Waals surface area contributed by atoms with Gasteiger partial charge in [-0.2, -0.15) is 0 Å². The number of benzene rings is 3. The molecule has 36 heavy (non-hydrogen) atoms. The van der Waals surface area contributed by atoms with Gasteiger partial charge >= 0.3 is 12.1 Å². The lowest BCUT2D eigenvalue weighted by Crippen LogP contribution is -2.33. The lowest BCUT2D eigenvalue weighted by Gasteiger charge is -2.14. The van der Waals surface area contributed by atoms with Crippen molar-refractivity contribution in [1.82, 2.24) is 10.4 Å². The van der Waals surface area contributed by atoms with Gasteiger partial charge in [0, 0.05) is 18.2 Å². The van der Waals surface area contributed by atoms with Crippen LogP contribution in [0.1, 0.15) is 37.8 Å². The van der Waals surface area contributed by atoms with Crippen molar-refractivity contribution in [1.29, 1.82) is 0 Å². The van der Waals surface area contributed by atoms with E-state index in [-0.39, 0.29) is 35.9 Å². The first-order valence-electron chi connectivity index (χ1n) is 11.4. The van der Waals surface area contributed by atoms with Crippen LogP contribution in [0, 0.1) is 0 Å². The zero-order valence-electron chi connectivity index (χ0n) is 19.1. The van der Waals surface area contributed by atoms with Crippen molar-refractivity contribution < 1.29 is 28.8 Å². The molecule has 0 fully saturated rings. The maximum absolute atomic E-state index is 12.2. The van der Waals surface area contributed by atoms with Crippen LogP contribution >= 0.6 is 11.8 Å². The SMILES string of the molecule is O=C(CSCCNC(=O)OCC1c2ccccc2-c2ccccc21)ON1C(=O)c2ccccc2C1=O. The second kappa shape index (κ2) is 10.2. The lowest BCUT2D eigenvalue weighted by atomic mass is 9.98. The summed E-state index contributed by atoms with van der Waals surface area (Å²) in [7, 11) is 0. The molecular formula is C27H22N2O6S. The normalized spacial score (nSPS) is 13.7. The Labute approximate surface area is 211 Å². The zero-order chi connectivity index (χ0) is 25.1. The second-order valence-corrected chi connectivity index (χ2v) is 9.32. The van der Waals surface area contributed by atoms with Crippen LogP contribution in [0.3, 0.4) is 0 Å². The summed E-state index contributed by atoms with van der Waals surface area (Å²) in [5.41, 5.74) is 5.00. The molecule has 1 aliphatic carbocycles. The smallest absolute Gasteiger partial charge is 0.407 e. The number of nitrogens with one attached hydrogen (secondary N) is 1. The summed E-state index contributed by atoms with van der Waals surface area (Å²) in [4.78, 5) is 53.8. The molecule has 0 radical (unpaired) electrons. The van der Waals surface area contributed by atoms with Crippen LogP contribution in [-0.4, -0.2) is 53.6 Å². The molecule has 0 saturated carbocycles. The van der Waals surface area contributed by atoms with E-state index in [9.17, 15) is 19.2 Å². The minimum atomic E-state index is -0.726. The molecule has 8 nitrogen and oxygen atoms in total. The molecule has 0 unspecified atom stereocenters. The molecule has 0 bridgehead atoms. The van der Waals surface area contributed by atoms with E-state index >= 15 is 0 Å². The monoisotopic (exact) mass is 502 g/mol. The summed E-state index contributed by atoms with van der Waals surface area (Å²) in [6.45, 7) is 0.501. The fourth-order valence-corrected chi connectivity index (χ4v) is 5.02. The predicted octanol–water partition coefficient (Wildman–Crippen LogP) is 4.01. The van der Waals surface area contributed by atoms with Gasteiger partial charge in [-0.15, -0.1) is 11.8 Å². The number of hydroxylamine groups is 2. The number of nitrogens with zero attached hydrogens (tertiary/aromatic N) is 1. The van der Waals surface area contributed by atoms with Crippen LogP contribution in [0.15, 0.2) is 72.8 Å². The summed E-state index contributed by atoms with van der Waals surface area (Å²) in [6, 6.07) is 22.5. The summed E-state index contributed by atoms with van der Waals surface area (Å²) in [5, 5.41) is 3.16. The molecule has 0 atom stereocenters. The van der Waals surface area contributed by atoms with Crippen LogP contribution in [0.25, 0.3) is 11.1 Å². The average Bonchev–Trinajstić information content (AvgIpc) is 3.35. The van der Waals surface area contributed by atoms with Crippen molar-refractivity contribution in [2.45, 2.75) is 5.92 Å². The number of amides is 3. The van der Waals surface area contributed by atoms with Gasteiger partial charge in [0.25, 0.3) is 11.8 Å². The number of ether oxygens (including phenoxy) is 1. The minimum Gasteiger partial charge on any atom is -0.449 e.